The van der Waals surface area contributed by atoms with E-state index >= 15 is 0 Å². The number of rotatable bonds is 3. The molecule has 1 heterocycles. The van der Waals surface area contributed by atoms with Crippen LogP contribution in [0.1, 0.15) is 13.3 Å². The molecule has 3 heteroatoms. The van der Waals surface area contributed by atoms with E-state index in [1.165, 1.54) is 13.0 Å². The predicted octanol–water partition coefficient (Wildman–Crippen LogP) is 0.459. The van der Waals surface area contributed by atoms with Gasteiger partial charge in [-0.1, -0.05) is 6.92 Å². The Morgan fingerprint density at radius 1 is 1.60 bits per heavy atom. The van der Waals surface area contributed by atoms with E-state index in [4.69, 9.17) is 0 Å². The zero-order chi connectivity index (χ0) is 7.56. The molecule has 1 rings (SSSR count). The molecule has 1 aliphatic rings. The summed E-state index contributed by atoms with van der Waals surface area (Å²) < 4.78 is 10.9. The van der Waals surface area contributed by atoms with Crippen LogP contribution in [0, 0.1) is 0 Å². The molecule has 60 valence electrons. The van der Waals surface area contributed by atoms with Crippen LogP contribution >= 0.6 is 0 Å². The second kappa shape index (κ2) is 3.49. The Bertz CT molecular complexity index is 132. The maximum atomic E-state index is 10.9. The first-order chi connectivity index (χ1) is 4.74. The summed E-state index contributed by atoms with van der Waals surface area (Å²) in [6, 6.07) is 0. The van der Waals surface area contributed by atoms with Gasteiger partial charge in [-0.2, -0.15) is 0 Å². The number of nitrogens with zero attached hydrogens (tertiary/aromatic N) is 1. The third kappa shape index (κ3) is 1.80. The molecule has 0 bridgehead atoms. The average molecular weight is 161 g/mol. The van der Waals surface area contributed by atoms with Gasteiger partial charge in [0.25, 0.3) is 0 Å². The summed E-state index contributed by atoms with van der Waals surface area (Å²) in [6.45, 7) is 5.46. The fourth-order valence-electron chi connectivity index (χ4n) is 1.23. The van der Waals surface area contributed by atoms with E-state index in [1.807, 2.05) is 0 Å². The quantitative estimate of drug-likeness (QED) is 0.599. The highest BCUT2D eigenvalue weighted by atomic mass is 32.2. The van der Waals surface area contributed by atoms with E-state index in [0.717, 1.165) is 13.1 Å². The van der Waals surface area contributed by atoms with Crippen molar-refractivity contribution < 1.29 is 4.21 Å². The molecule has 0 saturated carbocycles. The van der Waals surface area contributed by atoms with Crippen LogP contribution in [0.25, 0.3) is 0 Å². The third-order valence-corrected chi connectivity index (χ3v) is 3.17. The molecule has 0 spiro atoms. The maximum absolute atomic E-state index is 10.9. The molecule has 0 aromatic carbocycles. The Balaban J connectivity index is 2.12. The fraction of sp³-hybridized carbons (Fsp3) is 1.00. The first-order valence-corrected chi connectivity index (χ1v) is 5.40. The molecule has 0 aromatic heterocycles. The minimum absolute atomic E-state index is 0.464. The van der Waals surface area contributed by atoms with E-state index in [2.05, 4.69) is 11.8 Å². The molecule has 2 nitrogen and oxygen atoms in total. The van der Waals surface area contributed by atoms with Crippen LogP contribution in [-0.2, 0) is 10.8 Å². The van der Waals surface area contributed by atoms with Crippen molar-refractivity contribution >= 4 is 10.8 Å². The highest BCUT2D eigenvalue weighted by molar-refractivity contribution is 7.85. The lowest BCUT2D eigenvalue weighted by atomic mass is 10.2. The number of likely N-dealkylation sites (tertiary alicyclic amines) is 1. The van der Waals surface area contributed by atoms with Gasteiger partial charge in [-0.15, -0.1) is 0 Å². The minimum atomic E-state index is -0.589. The lowest BCUT2D eigenvalue weighted by Crippen LogP contribution is -2.52. The molecule has 0 aliphatic carbocycles. The monoisotopic (exact) mass is 161 g/mol. The van der Waals surface area contributed by atoms with Gasteiger partial charge in [-0.25, -0.2) is 0 Å². The predicted molar refractivity (Wildman–Crippen MR) is 44.6 cm³/mol. The van der Waals surface area contributed by atoms with Crippen molar-refractivity contribution in [3.05, 3.63) is 0 Å². The Kier molecular flexibility index (Phi) is 2.86. The minimum Gasteiger partial charge on any atom is -0.301 e. The SMILES string of the molecule is CCCN1CC(S(C)=O)C1. The molecule has 1 saturated heterocycles. The molecule has 0 N–H and O–H groups in total. The fourth-order valence-corrected chi connectivity index (χ4v) is 2.07. The summed E-state index contributed by atoms with van der Waals surface area (Å²) >= 11 is 0. The summed E-state index contributed by atoms with van der Waals surface area (Å²) in [7, 11) is -0.589. The van der Waals surface area contributed by atoms with Crippen LogP contribution < -0.4 is 0 Å². The maximum Gasteiger partial charge on any atom is 0.0599 e. The normalized spacial score (nSPS) is 24.2. The van der Waals surface area contributed by atoms with Crippen molar-refractivity contribution in [3.63, 3.8) is 0 Å². The zero-order valence-electron chi connectivity index (χ0n) is 6.67. The Morgan fingerprint density at radius 3 is 2.60 bits per heavy atom. The lowest BCUT2D eigenvalue weighted by molar-refractivity contribution is 0.188. The second-order valence-electron chi connectivity index (χ2n) is 2.88. The molecule has 1 unspecified atom stereocenters. The van der Waals surface area contributed by atoms with Crippen molar-refractivity contribution in [3.8, 4) is 0 Å². The smallest absolute Gasteiger partial charge is 0.0599 e. The van der Waals surface area contributed by atoms with Crippen molar-refractivity contribution in [2.45, 2.75) is 18.6 Å². The average Bonchev–Trinajstić information content (AvgIpc) is 1.76. The molecule has 0 aromatic rings. The van der Waals surface area contributed by atoms with E-state index in [0.29, 0.717) is 5.25 Å². The van der Waals surface area contributed by atoms with E-state index in [-0.39, 0.29) is 0 Å². The number of hydrogen-bond donors (Lipinski definition) is 0. The van der Waals surface area contributed by atoms with E-state index in [1.54, 1.807) is 6.26 Å². The van der Waals surface area contributed by atoms with E-state index in [9.17, 15) is 4.21 Å². The Labute approximate surface area is 65.1 Å². The van der Waals surface area contributed by atoms with Gasteiger partial charge in [0, 0.05) is 30.1 Å². The standard InChI is InChI=1S/C7H15NOS/c1-3-4-8-5-7(6-8)10(2)9/h7H,3-6H2,1-2H3. The summed E-state index contributed by atoms with van der Waals surface area (Å²) in [5.74, 6) is 0. The van der Waals surface area contributed by atoms with Crippen LogP contribution in [0.2, 0.25) is 0 Å². The highest BCUT2D eigenvalue weighted by Crippen LogP contribution is 2.12. The van der Waals surface area contributed by atoms with Gasteiger partial charge in [-0.05, 0) is 13.0 Å². The molecule has 1 aliphatic heterocycles. The van der Waals surface area contributed by atoms with Crippen molar-refractivity contribution in [2.75, 3.05) is 25.9 Å². The van der Waals surface area contributed by atoms with Gasteiger partial charge >= 0.3 is 0 Å². The van der Waals surface area contributed by atoms with Crippen LogP contribution in [0.3, 0.4) is 0 Å². The molecular formula is C7H15NOS. The molecule has 1 fully saturated rings. The highest BCUT2D eigenvalue weighted by Gasteiger charge is 2.28. The van der Waals surface area contributed by atoms with Crippen molar-refractivity contribution in [1.82, 2.24) is 4.90 Å². The van der Waals surface area contributed by atoms with Gasteiger partial charge in [0.1, 0.15) is 0 Å². The Morgan fingerprint density at radius 2 is 2.20 bits per heavy atom. The molecule has 10 heavy (non-hydrogen) atoms. The molecular weight excluding hydrogens is 146 g/mol. The summed E-state index contributed by atoms with van der Waals surface area (Å²) in [5, 5.41) is 0.464. The summed E-state index contributed by atoms with van der Waals surface area (Å²) in [5.41, 5.74) is 0. The van der Waals surface area contributed by atoms with Gasteiger partial charge < -0.3 is 4.90 Å². The lowest BCUT2D eigenvalue weighted by Gasteiger charge is -2.37. The summed E-state index contributed by atoms with van der Waals surface area (Å²) in [4.78, 5) is 2.35. The second-order valence-corrected chi connectivity index (χ2v) is 4.54. The number of hydrogen-bond acceptors (Lipinski definition) is 2. The van der Waals surface area contributed by atoms with Crippen molar-refractivity contribution in [2.24, 2.45) is 0 Å². The van der Waals surface area contributed by atoms with Crippen molar-refractivity contribution in [1.29, 1.82) is 0 Å². The zero-order valence-corrected chi connectivity index (χ0v) is 7.49. The summed E-state index contributed by atoms with van der Waals surface area (Å²) in [6.07, 6.45) is 3.01. The topological polar surface area (TPSA) is 20.3 Å². The van der Waals surface area contributed by atoms with Crippen LogP contribution in [0.5, 0.6) is 0 Å². The molecule has 0 radical (unpaired) electrons. The van der Waals surface area contributed by atoms with Gasteiger partial charge in [-0.3, -0.25) is 4.21 Å². The Hall–Kier alpha value is 0.110. The van der Waals surface area contributed by atoms with Gasteiger partial charge in [0.15, 0.2) is 0 Å². The van der Waals surface area contributed by atoms with Gasteiger partial charge in [0.2, 0.25) is 0 Å². The van der Waals surface area contributed by atoms with E-state index < -0.39 is 10.8 Å². The van der Waals surface area contributed by atoms with Crippen LogP contribution in [0.4, 0.5) is 0 Å². The first kappa shape index (κ1) is 8.21. The largest absolute Gasteiger partial charge is 0.301 e. The van der Waals surface area contributed by atoms with Crippen LogP contribution in [-0.4, -0.2) is 40.2 Å². The molecule has 1 atom stereocenters. The third-order valence-electron chi connectivity index (χ3n) is 1.93. The van der Waals surface area contributed by atoms with Crippen LogP contribution in [0.15, 0.2) is 0 Å². The molecule has 0 amide bonds. The first-order valence-electron chi connectivity index (χ1n) is 3.78. The van der Waals surface area contributed by atoms with Gasteiger partial charge in [0.05, 0.1) is 5.25 Å².